The fourth-order valence-corrected chi connectivity index (χ4v) is 2.65. The van der Waals surface area contributed by atoms with E-state index >= 15 is 0 Å². The second-order valence-corrected chi connectivity index (χ2v) is 5.83. The molecule has 104 valence electrons. The highest BCUT2D eigenvalue weighted by atomic mass is 19.1. The molecule has 0 aromatic heterocycles. The van der Waals surface area contributed by atoms with Crippen molar-refractivity contribution in [3.05, 3.63) is 35.4 Å². The third kappa shape index (κ3) is 3.53. The van der Waals surface area contributed by atoms with Gasteiger partial charge < -0.3 is 10.4 Å². The van der Waals surface area contributed by atoms with Crippen LogP contribution < -0.4 is 5.32 Å². The largest absolute Gasteiger partial charge is 0.481 e. The number of carboxylic acid groups (broad SMARTS) is 1. The number of benzene rings is 1. The van der Waals surface area contributed by atoms with Gasteiger partial charge in [-0.2, -0.15) is 0 Å². The second kappa shape index (κ2) is 5.29. The molecule has 0 radical (unpaired) electrons. The fourth-order valence-electron chi connectivity index (χ4n) is 2.65. The van der Waals surface area contributed by atoms with Crippen molar-refractivity contribution in [2.24, 2.45) is 5.92 Å². The first-order valence-electron chi connectivity index (χ1n) is 6.60. The van der Waals surface area contributed by atoms with Crippen molar-refractivity contribution in [1.82, 2.24) is 5.32 Å². The van der Waals surface area contributed by atoms with Crippen molar-refractivity contribution in [2.45, 2.75) is 38.4 Å². The molecule has 19 heavy (non-hydrogen) atoms. The van der Waals surface area contributed by atoms with Crippen LogP contribution in [0.3, 0.4) is 0 Å². The van der Waals surface area contributed by atoms with Crippen LogP contribution in [0.4, 0.5) is 4.39 Å². The smallest absolute Gasteiger partial charge is 0.307 e. The normalized spacial score (nSPS) is 23.5. The zero-order chi connectivity index (χ0) is 14.0. The maximum absolute atomic E-state index is 13.8. The third-order valence-corrected chi connectivity index (χ3v) is 3.52. The Morgan fingerprint density at radius 2 is 2.16 bits per heavy atom. The van der Waals surface area contributed by atoms with Crippen molar-refractivity contribution < 1.29 is 14.3 Å². The van der Waals surface area contributed by atoms with Gasteiger partial charge in [0.2, 0.25) is 0 Å². The highest BCUT2D eigenvalue weighted by Gasteiger charge is 2.31. The molecule has 1 aliphatic heterocycles. The summed E-state index contributed by atoms with van der Waals surface area (Å²) in [5.41, 5.74) is 0.719. The minimum absolute atomic E-state index is 0.0136. The average Bonchev–Trinajstić information content (AvgIpc) is 2.76. The Bertz CT molecular complexity index is 467. The molecule has 2 atom stereocenters. The van der Waals surface area contributed by atoms with Crippen molar-refractivity contribution in [2.75, 3.05) is 6.54 Å². The summed E-state index contributed by atoms with van der Waals surface area (Å²) in [6, 6.07) is 7.71. The van der Waals surface area contributed by atoms with E-state index in [4.69, 9.17) is 5.11 Å². The standard InChI is InChI=1S/C15H20FNO2/c1-15(2,16)8-10-5-3-4-6-12(10)13-7-11(9-17-13)14(18)19/h3-6,11,13,17H,7-9H2,1-2H3,(H,18,19). The molecule has 1 fully saturated rings. The summed E-state index contributed by atoms with van der Waals surface area (Å²) in [5.74, 6) is -1.12. The predicted octanol–water partition coefficient (Wildman–Crippen LogP) is 2.71. The van der Waals surface area contributed by atoms with Crippen LogP contribution in [0.2, 0.25) is 0 Å². The topological polar surface area (TPSA) is 49.3 Å². The SMILES string of the molecule is CC(C)(F)Cc1ccccc1C1CC(C(=O)O)CN1. The highest BCUT2D eigenvalue weighted by Crippen LogP contribution is 2.31. The van der Waals surface area contributed by atoms with Crippen molar-refractivity contribution in [3.8, 4) is 0 Å². The fraction of sp³-hybridized carbons (Fsp3) is 0.533. The molecule has 1 aromatic rings. The number of carbonyl (C=O) groups is 1. The number of hydrogen-bond donors (Lipinski definition) is 2. The molecule has 0 aliphatic carbocycles. The first-order valence-corrected chi connectivity index (χ1v) is 6.60. The van der Waals surface area contributed by atoms with Crippen molar-refractivity contribution in [1.29, 1.82) is 0 Å². The van der Waals surface area contributed by atoms with Crippen LogP contribution in [0.15, 0.2) is 24.3 Å². The maximum atomic E-state index is 13.8. The van der Waals surface area contributed by atoms with E-state index < -0.39 is 11.6 Å². The Morgan fingerprint density at radius 3 is 2.74 bits per heavy atom. The number of carboxylic acids is 1. The molecule has 1 aromatic carbocycles. The highest BCUT2D eigenvalue weighted by molar-refractivity contribution is 5.70. The van der Waals surface area contributed by atoms with Gasteiger partial charge in [0.25, 0.3) is 0 Å². The third-order valence-electron chi connectivity index (χ3n) is 3.52. The van der Waals surface area contributed by atoms with Crippen LogP contribution >= 0.6 is 0 Å². The summed E-state index contributed by atoms with van der Waals surface area (Å²) in [6.45, 7) is 3.60. The van der Waals surface area contributed by atoms with E-state index in [2.05, 4.69) is 5.32 Å². The van der Waals surface area contributed by atoms with E-state index in [1.807, 2.05) is 24.3 Å². The van der Waals surface area contributed by atoms with Gasteiger partial charge in [-0.15, -0.1) is 0 Å². The monoisotopic (exact) mass is 265 g/mol. The van der Waals surface area contributed by atoms with Crippen molar-refractivity contribution >= 4 is 5.97 Å². The summed E-state index contributed by atoms with van der Waals surface area (Å²) in [7, 11) is 0. The summed E-state index contributed by atoms with van der Waals surface area (Å²) >= 11 is 0. The molecule has 0 saturated carbocycles. The van der Waals surface area contributed by atoms with Crippen LogP contribution in [-0.4, -0.2) is 23.3 Å². The number of aliphatic carboxylic acids is 1. The molecule has 4 heteroatoms. The van der Waals surface area contributed by atoms with Gasteiger partial charge >= 0.3 is 5.97 Å². The molecule has 0 bridgehead atoms. The summed E-state index contributed by atoms with van der Waals surface area (Å²) in [4.78, 5) is 11.0. The van der Waals surface area contributed by atoms with Gasteiger partial charge in [-0.3, -0.25) is 4.79 Å². The summed E-state index contributed by atoms with van der Waals surface area (Å²) in [6.07, 6.45) is 0.915. The molecule has 1 saturated heterocycles. The lowest BCUT2D eigenvalue weighted by Gasteiger charge is -2.20. The summed E-state index contributed by atoms with van der Waals surface area (Å²) in [5, 5.41) is 12.3. The van der Waals surface area contributed by atoms with E-state index in [9.17, 15) is 9.18 Å². The van der Waals surface area contributed by atoms with E-state index in [0.29, 0.717) is 19.4 Å². The van der Waals surface area contributed by atoms with Crippen LogP contribution in [0.25, 0.3) is 0 Å². The van der Waals surface area contributed by atoms with Gasteiger partial charge in [0.1, 0.15) is 5.67 Å². The van der Waals surface area contributed by atoms with Crippen LogP contribution in [0.1, 0.15) is 37.4 Å². The first-order chi connectivity index (χ1) is 8.87. The van der Waals surface area contributed by atoms with E-state index in [1.54, 1.807) is 13.8 Å². The van der Waals surface area contributed by atoms with Gasteiger partial charge in [0.05, 0.1) is 5.92 Å². The Labute approximate surface area is 112 Å². The number of hydrogen-bond acceptors (Lipinski definition) is 2. The molecular formula is C15H20FNO2. The van der Waals surface area contributed by atoms with Gasteiger partial charge in [-0.1, -0.05) is 24.3 Å². The summed E-state index contributed by atoms with van der Waals surface area (Å²) < 4.78 is 13.8. The lowest BCUT2D eigenvalue weighted by molar-refractivity contribution is -0.141. The molecule has 1 heterocycles. The van der Waals surface area contributed by atoms with Crippen LogP contribution in [-0.2, 0) is 11.2 Å². The van der Waals surface area contributed by atoms with Crippen LogP contribution in [0.5, 0.6) is 0 Å². The van der Waals surface area contributed by atoms with Crippen LogP contribution in [0, 0.1) is 5.92 Å². The predicted molar refractivity (Wildman–Crippen MR) is 71.8 cm³/mol. The lowest BCUT2D eigenvalue weighted by Crippen LogP contribution is -2.20. The van der Waals surface area contributed by atoms with Gasteiger partial charge in [-0.25, -0.2) is 4.39 Å². The maximum Gasteiger partial charge on any atom is 0.307 e. The Morgan fingerprint density at radius 1 is 1.47 bits per heavy atom. The first kappa shape index (κ1) is 14.0. The molecular weight excluding hydrogens is 245 g/mol. The Hall–Kier alpha value is -1.42. The van der Waals surface area contributed by atoms with Gasteiger partial charge in [-0.05, 0) is 31.4 Å². The average molecular weight is 265 g/mol. The Kier molecular flexibility index (Phi) is 3.90. The van der Waals surface area contributed by atoms with E-state index in [1.165, 1.54) is 0 Å². The number of nitrogens with one attached hydrogen (secondary N) is 1. The Balaban J connectivity index is 2.19. The molecule has 2 unspecified atom stereocenters. The quantitative estimate of drug-likeness (QED) is 0.880. The molecule has 0 amide bonds. The molecule has 2 rings (SSSR count). The minimum Gasteiger partial charge on any atom is -0.481 e. The second-order valence-electron chi connectivity index (χ2n) is 5.83. The number of alkyl halides is 1. The zero-order valence-corrected chi connectivity index (χ0v) is 11.3. The number of halogens is 1. The van der Waals surface area contributed by atoms with Crippen molar-refractivity contribution in [3.63, 3.8) is 0 Å². The van der Waals surface area contributed by atoms with Gasteiger partial charge in [0.15, 0.2) is 0 Å². The number of rotatable bonds is 4. The minimum atomic E-state index is -1.26. The zero-order valence-electron chi connectivity index (χ0n) is 11.3. The molecule has 3 nitrogen and oxygen atoms in total. The molecule has 0 spiro atoms. The van der Waals surface area contributed by atoms with Gasteiger partial charge in [0, 0.05) is 19.0 Å². The molecule has 2 N–H and O–H groups in total. The van der Waals surface area contributed by atoms with E-state index in [0.717, 1.165) is 11.1 Å². The lowest BCUT2D eigenvalue weighted by atomic mass is 9.91. The molecule has 1 aliphatic rings. The van der Waals surface area contributed by atoms with E-state index in [-0.39, 0.29) is 12.0 Å².